The highest BCUT2D eigenvalue weighted by molar-refractivity contribution is 6.31. The minimum Gasteiger partial charge on any atom is -0.497 e. The van der Waals surface area contributed by atoms with Crippen LogP contribution in [-0.4, -0.2) is 19.1 Å². The molecule has 0 fully saturated rings. The maximum Gasteiger partial charge on any atom is 0.219 e. The van der Waals surface area contributed by atoms with E-state index in [1.54, 1.807) is 13.3 Å². The van der Waals surface area contributed by atoms with Gasteiger partial charge in [0.1, 0.15) is 11.5 Å². The molecular weight excluding hydrogens is 264 g/mol. The van der Waals surface area contributed by atoms with E-state index in [0.29, 0.717) is 23.2 Å². The van der Waals surface area contributed by atoms with Gasteiger partial charge in [0.25, 0.3) is 0 Å². The second-order valence-corrected chi connectivity index (χ2v) is 4.33. The number of hydrogen-bond donors (Lipinski definition) is 1. The molecule has 4 nitrogen and oxygen atoms in total. The molecule has 5 heteroatoms. The van der Waals surface area contributed by atoms with E-state index in [1.807, 2.05) is 37.4 Å². The van der Waals surface area contributed by atoms with E-state index >= 15 is 0 Å². The summed E-state index contributed by atoms with van der Waals surface area (Å²) in [6.07, 6.45) is 1.59. The minimum absolute atomic E-state index is 0.514. The summed E-state index contributed by atoms with van der Waals surface area (Å²) >= 11 is 6.04. The fraction of sp³-hybridized carbons (Fsp3) is 0.214. The van der Waals surface area contributed by atoms with Gasteiger partial charge in [-0.2, -0.15) is 0 Å². The number of pyridine rings is 1. The Morgan fingerprint density at radius 2 is 1.89 bits per heavy atom. The Balaban J connectivity index is 2.15. The van der Waals surface area contributed by atoms with Gasteiger partial charge in [-0.05, 0) is 36.9 Å². The van der Waals surface area contributed by atoms with Crippen LogP contribution in [0.4, 0.5) is 0 Å². The van der Waals surface area contributed by atoms with Gasteiger partial charge < -0.3 is 14.8 Å². The predicted octanol–water partition coefficient (Wildman–Crippen LogP) is 3.26. The van der Waals surface area contributed by atoms with Crippen molar-refractivity contribution in [1.29, 1.82) is 0 Å². The third kappa shape index (κ3) is 3.59. The van der Waals surface area contributed by atoms with Crippen LogP contribution < -0.4 is 14.8 Å². The first kappa shape index (κ1) is 13.6. The fourth-order valence-electron chi connectivity index (χ4n) is 1.60. The summed E-state index contributed by atoms with van der Waals surface area (Å²) in [6.45, 7) is 0.667. The average molecular weight is 279 g/mol. The van der Waals surface area contributed by atoms with Gasteiger partial charge in [-0.1, -0.05) is 11.6 Å². The Morgan fingerprint density at radius 1 is 1.21 bits per heavy atom. The van der Waals surface area contributed by atoms with Gasteiger partial charge in [-0.25, -0.2) is 4.98 Å². The van der Waals surface area contributed by atoms with E-state index in [4.69, 9.17) is 21.1 Å². The van der Waals surface area contributed by atoms with Crippen molar-refractivity contribution in [2.45, 2.75) is 6.54 Å². The van der Waals surface area contributed by atoms with Crippen LogP contribution in [0.1, 0.15) is 5.56 Å². The average Bonchev–Trinajstić information content (AvgIpc) is 2.44. The summed E-state index contributed by atoms with van der Waals surface area (Å²) in [5, 5.41) is 3.67. The molecule has 2 rings (SSSR count). The third-order valence-corrected chi connectivity index (χ3v) is 2.90. The maximum atomic E-state index is 6.04. The SMILES string of the molecule is CNCc1cc(Oc2ccc(OC)cc2)ncc1Cl. The quantitative estimate of drug-likeness (QED) is 0.912. The summed E-state index contributed by atoms with van der Waals surface area (Å²) in [5.74, 6) is 2.00. The summed E-state index contributed by atoms with van der Waals surface area (Å²) in [5.41, 5.74) is 0.947. The van der Waals surface area contributed by atoms with Crippen LogP contribution >= 0.6 is 11.6 Å². The molecule has 0 unspecified atom stereocenters. The second kappa shape index (κ2) is 6.41. The van der Waals surface area contributed by atoms with Crippen LogP contribution in [0.25, 0.3) is 0 Å². The molecule has 0 spiro atoms. The van der Waals surface area contributed by atoms with Crippen LogP contribution in [0.3, 0.4) is 0 Å². The maximum absolute atomic E-state index is 6.04. The van der Waals surface area contributed by atoms with Gasteiger partial charge in [0, 0.05) is 18.8 Å². The molecule has 1 aromatic carbocycles. The molecule has 1 heterocycles. The van der Waals surface area contributed by atoms with Crippen LogP contribution in [0, 0.1) is 0 Å². The monoisotopic (exact) mass is 278 g/mol. The number of nitrogens with one attached hydrogen (secondary N) is 1. The molecule has 0 atom stereocenters. The standard InChI is InChI=1S/C14H15ClN2O2/c1-16-8-10-7-14(17-9-13(10)15)19-12-5-3-11(18-2)4-6-12/h3-7,9,16H,8H2,1-2H3. The molecule has 0 amide bonds. The molecule has 0 bridgehead atoms. The van der Waals surface area contributed by atoms with Crippen LogP contribution in [0.2, 0.25) is 5.02 Å². The molecule has 0 saturated heterocycles. The zero-order chi connectivity index (χ0) is 13.7. The Kier molecular flexibility index (Phi) is 4.60. The molecule has 19 heavy (non-hydrogen) atoms. The fourth-order valence-corrected chi connectivity index (χ4v) is 1.77. The van der Waals surface area contributed by atoms with Crippen molar-refractivity contribution >= 4 is 11.6 Å². The number of rotatable bonds is 5. The summed E-state index contributed by atoms with van der Waals surface area (Å²) in [4.78, 5) is 4.15. The number of hydrogen-bond acceptors (Lipinski definition) is 4. The van der Waals surface area contributed by atoms with Crippen molar-refractivity contribution in [3.05, 3.63) is 47.1 Å². The highest BCUT2D eigenvalue weighted by Crippen LogP contribution is 2.25. The van der Waals surface area contributed by atoms with E-state index in [2.05, 4.69) is 10.3 Å². The van der Waals surface area contributed by atoms with E-state index in [0.717, 1.165) is 11.3 Å². The van der Waals surface area contributed by atoms with Crippen molar-refractivity contribution in [2.24, 2.45) is 0 Å². The number of methoxy groups -OCH3 is 1. The molecule has 0 aliphatic heterocycles. The zero-order valence-corrected chi connectivity index (χ0v) is 11.6. The third-order valence-electron chi connectivity index (χ3n) is 2.56. The number of aromatic nitrogens is 1. The zero-order valence-electron chi connectivity index (χ0n) is 10.8. The first-order chi connectivity index (χ1) is 9.22. The summed E-state index contributed by atoms with van der Waals surface area (Å²) < 4.78 is 10.8. The molecular formula is C14H15ClN2O2. The second-order valence-electron chi connectivity index (χ2n) is 3.92. The van der Waals surface area contributed by atoms with Crippen molar-refractivity contribution in [3.8, 4) is 17.4 Å². The van der Waals surface area contributed by atoms with E-state index in [9.17, 15) is 0 Å². The predicted molar refractivity (Wildman–Crippen MR) is 75.1 cm³/mol. The normalized spacial score (nSPS) is 10.3. The molecule has 0 aliphatic carbocycles. The highest BCUT2D eigenvalue weighted by atomic mass is 35.5. The minimum atomic E-state index is 0.514. The first-order valence-corrected chi connectivity index (χ1v) is 6.21. The van der Waals surface area contributed by atoms with Crippen molar-refractivity contribution in [2.75, 3.05) is 14.2 Å². The van der Waals surface area contributed by atoms with Crippen LogP contribution in [0.15, 0.2) is 36.5 Å². The Labute approximate surface area is 117 Å². The Hall–Kier alpha value is -1.78. The van der Waals surface area contributed by atoms with E-state index < -0.39 is 0 Å². The highest BCUT2D eigenvalue weighted by Gasteiger charge is 2.05. The van der Waals surface area contributed by atoms with Crippen molar-refractivity contribution in [1.82, 2.24) is 10.3 Å². The Morgan fingerprint density at radius 3 is 2.53 bits per heavy atom. The number of ether oxygens (including phenoxy) is 2. The van der Waals surface area contributed by atoms with E-state index in [-0.39, 0.29) is 0 Å². The van der Waals surface area contributed by atoms with Gasteiger partial charge >= 0.3 is 0 Å². The molecule has 100 valence electrons. The van der Waals surface area contributed by atoms with Crippen LogP contribution in [-0.2, 0) is 6.54 Å². The molecule has 2 aromatic rings. The van der Waals surface area contributed by atoms with Crippen molar-refractivity contribution in [3.63, 3.8) is 0 Å². The lowest BCUT2D eigenvalue weighted by Gasteiger charge is -2.08. The summed E-state index contributed by atoms with van der Waals surface area (Å²) in [6, 6.07) is 9.14. The summed E-state index contributed by atoms with van der Waals surface area (Å²) in [7, 11) is 3.49. The topological polar surface area (TPSA) is 43.4 Å². The lowest BCUT2D eigenvalue weighted by molar-refractivity contribution is 0.412. The van der Waals surface area contributed by atoms with Gasteiger partial charge in [0.15, 0.2) is 0 Å². The lowest BCUT2D eigenvalue weighted by atomic mass is 10.2. The first-order valence-electron chi connectivity index (χ1n) is 5.84. The largest absolute Gasteiger partial charge is 0.497 e. The molecule has 1 N–H and O–H groups in total. The van der Waals surface area contributed by atoms with Gasteiger partial charge in [0.05, 0.1) is 12.1 Å². The number of benzene rings is 1. The van der Waals surface area contributed by atoms with Gasteiger partial charge in [-0.15, -0.1) is 0 Å². The molecule has 0 aliphatic rings. The molecule has 0 saturated carbocycles. The van der Waals surface area contributed by atoms with E-state index in [1.165, 1.54) is 0 Å². The smallest absolute Gasteiger partial charge is 0.219 e. The molecule has 1 aromatic heterocycles. The number of halogens is 1. The van der Waals surface area contributed by atoms with Crippen LogP contribution in [0.5, 0.6) is 17.4 Å². The van der Waals surface area contributed by atoms with Crippen molar-refractivity contribution < 1.29 is 9.47 Å². The molecule has 0 radical (unpaired) electrons. The number of nitrogens with zero attached hydrogens (tertiary/aromatic N) is 1. The van der Waals surface area contributed by atoms with Gasteiger partial charge in [-0.3, -0.25) is 0 Å². The lowest BCUT2D eigenvalue weighted by Crippen LogP contribution is -2.06. The Bertz CT molecular complexity index is 544. The van der Waals surface area contributed by atoms with Gasteiger partial charge in [0.2, 0.25) is 5.88 Å².